The summed E-state index contributed by atoms with van der Waals surface area (Å²) in [6, 6.07) is 5.53. The highest BCUT2D eigenvalue weighted by Gasteiger charge is 2.10. The number of hydrogen-bond donors (Lipinski definition) is 1. The van der Waals surface area contributed by atoms with Crippen molar-refractivity contribution in [3.05, 3.63) is 44.4 Å². The predicted molar refractivity (Wildman–Crippen MR) is 71.3 cm³/mol. The fourth-order valence-electron chi connectivity index (χ4n) is 1.39. The van der Waals surface area contributed by atoms with Gasteiger partial charge in [-0.05, 0) is 34.1 Å². The first-order valence-electron chi connectivity index (χ1n) is 5.29. The Kier molecular flexibility index (Phi) is 4.02. The zero-order valence-electron chi connectivity index (χ0n) is 9.33. The third-order valence-corrected chi connectivity index (χ3v) is 3.98. The zero-order valence-corrected chi connectivity index (χ0v) is 11.7. The van der Waals surface area contributed by atoms with E-state index in [1.807, 2.05) is 24.4 Å². The smallest absolute Gasteiger partial charge is 0.287 e. The molecule has 0 atom stereocenters. The van der Waals surface area contributed by atoms with E-state index in [9.17, 15) is 4.79 Å². The number of hydrogen-bond acceptors (Lipinski definition) is 3. The van der Waals surface area contributed by atoms with Crippen LogP contribution >= 0.6 is 27.3 Å². The number of furan rings is 1. The fraction of sp³-hybridized carbons (Fsp3) is 0.250. The predicted octanol–water partition coefficient (Wildman–Crippen LogP) is 3.60. The number of aryl methyl sites for hydroxylation is 1. The first kappa shape index (κ1) is 12.4. The fourth-order valence-corrected chi connectivity index (χ4v) is 2.78. The Morgan fingerprint density at radius 2 is 2.35 bits per heavy atom. The van der Waals surface area contributed by atoms with Gasteiger partial charge in [-0.25, -0.2) is 0 Å². The highest BCUT2D eigenvalue weighted by atomic mass is 79.9. The molecule has 2 aromatic heterocycles. The summed E-state index contributed by atoms with van der Waals surface area (Å²) in [5, 5.41) is 4.81. The molecule has 0 saturated carbocycles. The summed E-state index contributed by atoms with van der Waals surface area (Å²) in [6.07, 6.45) is 0.797. The van der Waals surface area contributed by atoms with Crippen molar-refractivity contribution in [1.82, 2.24) is 5.32 Å². The number of carbonyl (C=O) groups is 1. The monoisotopic (exact) mass is 313 g/mol. The molecule has 0 fully saturated rings. The van der Waals surface area contributed by atoms with Crippen LogP contribution in [0.3, 0.4) is 0 Å². The van der Waals surface area contributed by atoms with Crippen molar-refractivity contribution in [3.8, 4) is 0 Å². The van der Waals surface area contributed by atoms with Crippen molar-refractivity contribution in [3.63, 3.8) is 0 Å². The summed E-state index contributed by atoms with van der Waals surface area (Å²) >= 11 is 4.98. The van der Waals surface area contributed by atoms with Gasteiger partial charge in [0.15, 0.2) is 5.76 Å². The Morgan fingerprint density at radius 3 is 2.94 bits per heavy atom. The van der Waals surface area contributed by atoms with Gasteiger partial charge in [0.05, 0.1) is 6.54 Å². The molecule has 0 saturated heterocycles. The summed E-state index contributed by atoms with van der Waals surface area (Å²) < 4.78 is 6.41. The van der Waals surface area contributed by atoms with Crippen LogP contribution in [0.5, 0.6) is 0 Å². The third-order valence-electron chi connectivity index (χ3n) is 2.28. The van der Waals surface area contributed by atoms with E-state index in [-0.39, 0.29) is 5.91 Å². The van der Waals surface area contributed by atoms with Gasteiger partial charge in [-0.1, -0.05) is 6.92 Å². The Labute approximate surface area is 112 Å². The molecule has 0 aromatic carbocycles. The van der Waals surface area contributed by atoms with E-state index in [4.69, 9.17) is 4.42 Å². The summed E-state index contributed by atoms with van der Waals surface area (Å²) in [6.45, 7) is 2.51. The van der Waals surface area contributed by atoms with Crippen LogP contribution in [0.1, 0.15) is 28.1 Å². The molecule has 2 heterocycles. The van der Waals surface area contributed by atoms with E-state index >= 15 is 0 Å². The van der Waals surface area contributed by atoms with Crippen molar-refractivity contribution < 1.29 is 9.21 Å². The summed E-state index contributed by atoms with van der Waals surface area (Å²) in [4.78, 5) is 12.8. The molecule has 0 aliphatic rings. The quantitative estimate of drug-likeness (QED) is 0.937. The van der Waals surface area contributed by atoms with Crippen molar-refractivity contribution in [2.45, 2.75) is 19.9 Å². The molecule has 2 rings (SSSR count). The lowest BCUT2D eigenvalue weighted by molar-refractivity contribution is 0.0922. The summed E-state index contributed by atoms with van der Waals surface area (Å²) in [7, 11) is 0. The van der Waals surface area contributed by atoms with Crippen molar-refractivity contribution in [2.24, 2.45) is 0 Å². The minimum Gasteiger partial charge on any atom is -0.456 e. The molecule has 2 aromatic rings. The van der Waals surface area contributed by atoms with Gasteiger partial charge in [0.25, 0.3) is 5.91 Å². The molecule has 0 unspecified atom stereocenters. The standard InChI is InChI=1S/C12H12BrNO2S/c1-2-9-3-4-11(16-9)12(15)14-6-10-5-8(13)7-17-10/h3-5,7H,2,6H2,1H3,(H,14,15). The molecule has 17 heavy (non-hydrogen) atoms. The molecule has 1 amide bonds. The summed E-state index contributed by atoms with van der Waals surface area (Å²) in [5.41, 5.74) is 0. The number of halogens is 1. The van der Waals surface area contributed by atoms with Crippen molar-refractivity contribution >= 4 is 33.2 Å². The second-order valence-corrected chi connectivity index (χ2v) is 5.44. The van der Waals surface area contributed by atoms with E-state index in [0.717, 1.165) is 21.5 Å². The van der Waals surface area contributed by atoms with Crippen LogP contribution in [0.4, 0.5) is 0 Å². The molecular weight excluding hydrogens is 302 g/mol. The minimum absolute atomic E-state index is 0.172. The number of rotatable bonds is 4. The highest BCUT2D eigenvalue weighted by Crippen LogP contribution is 2.19. The topological polar surface area (TPSA) is 42.2 Å². The molecule has 0 aliphatic carbocycles. The molecule has 0 spiro atoms. The molecule has 0 bridgehead atoms. The molecule has 90 valence electrons. The molecule has 1 N–H and O–H groups in total. The van der Waals surface area contributed by atoms with Gasteiger partial charge in [0.2, 0.25) is 0 Å². The van der Waals surface area contributed by atoms with Gasteiger partial charge in [-0.15, -0.1) is 11.3 Å². The first-order valence-corrected chi connectivity index (χ1v) is 6.96. The SMILES string of the molecule is CCc1ccc(C(=O)NCc2cc(Br)cs2)o1. The average Bonchev–Trinajstić information content (AvgIpc) is 2.94. The van der Waals surface area contributed by atoms with Gasteiger partial charge in [0.1, 0.15) is 5.76 Å². The second-order valence-electron chi connectivity index (χ2n) is 3.53. The molecule has 0 radical (unpaired) electrons. The van der Waals surface area contributed by atoms with Crippen molar-refractivity contribution in [1.29, 1.82) is 0 Å². The maximum absolute atomic E-state index is 11.7. The highest BCUT2D eigenvalue weighted by molar-refractivity contribution is 9.10. The zero-order chi connectivity index (χ0) is 12.3. The van der Waals surface area contributed by atoms with Crippen LogP contribution in [0.2, 0.25) is 0 Å². The van der Waals surface area contributed by atoms with Crippen LogP contribution in [0.25, 0.3) is 0 Å². The van der Waals surface area contributed by atoms with Gasteiger partial charge in [-0.2, -0.15) is 0 Å². The van der Waals surface area contributed by atoms with Gasteiger partial charge < -0.3 is 9.73 Å². The Bertz CT molecular complexity index is 518. The number of thiophene rings is 1. The average molecular weight is 314 g/mol. The largest absolute Gasteiger partial charge is 0.456 e. The molecule has 3 nitrogen and oxygen atoms in total. The first-order chi connectivity index (χ1) is 8.19. The molecule has 5 heteroatoms. The minimum atomic E-state index is -0.172. The van der Waals surface area contributed by atoms with Crippen LogP contribution in [-0.4, -0.2) is 5.91 Å². The van der Waals surface area contributed by atoms with Gasteiger partial charge in [-0.3, -0.25) is 4.79 Å². The van der Waals surface area contributed by atoms with E-state index in [1.165, 1.54) is 0 Å². The van der Waals surface area contributed by atoms with Gasteiger partial charge >= 0.3 is 0 Å². The van der Waals surface area contributed by atoms with E-state index in [1.54, 1.807) is 17.4 Å². The van der Waals surface area contributed by atoms with Crippen molar-refractivity contribution in [2.75, 3.05) is 0 Å². The van der Waals surface area contributed by atoms with E-state index in [2.05, 4.69) is 21.2 Å². The van der Waals surface area contributed by atoms with Crippen LogP contribution in [-0.2, 0) is 13.0 Å². The lowest BCUT2D eigenvalue weighted by Gasteiger charge is -2.00. The number of carbonyl (C=O) groups excluding carboxylic acids is 1. The Balaban J connectivity index is 1.93. The van der Waals surface area contributed by atoms with E-state index < -0.39 is 0 Å². The Morgan fingerprint density at radius 1 is 1.53 bits per heavy atom. The maximum Gasteiger partial charge on any atom is 0.287 e. The third kappa shape index (κ3) is 3.20. The van der Waals surface area contributed by atoms with Gasteiger partial charge in [0, 0.05) is 21.2 Å². The number of nitrogens with one attached hydrogen (secondary N) is 1. The van der Waals surface area contributed by atoms with E-state index in [0.29, 0.717) is 12.3 Å². The van der Waals surface area contributed by atoms with Crippen LogP contribution < -0.4 is 5.32 Å². The molecular formula is C12H12BrNO2S. The second kappa shape index (κ2) is 5.51. The Hall–Kier alpha value is -1.07. The van der Waals surface area contributed by atoms with Crippen LogP contribution in [0, 0.1) is 0 Å². The lowest BCUT2D eigenvalue weighted by atomic mass is 10.3. The lowest BCUT2D eigenvalue weighted by Crippen LogP contribution is -2.21. The normalized spacial score (nSPS) is 10.5. The van der Waals surface area contributed by atoms with Crippen LogP contribution in [0.15, 0.2) is 32.5 Å². The number of amides is 1. The maximum atomic E-state index is 11.7. The summed E-state index contributed by atoms with van der Waals surface area (Å²) in [5.74, 6) is 1.03. The molecule has 0 aliphatic heterocycles.